The van der Waals surface area contributed by atoms with Crippen LogP contribution in [0.15, 0.2) is 64.0 Å². The predicted octanol–water partition coefficient (Wildman–Crippen LogP) is 4.59. The molecule has 1 atom stereocenters. The maximum Gasteiger partial charge on any atom is 0.231 e. The summed E-state index contributed by atoms with van der Waals surface area (Å²) in [5.41, 5.74) is 0.996. The second-order valence-electron chi connectivity index (χ2n) is 5.08. The van der Waals surface area contributed by atoms with Crippen molar-refractivity contribution >= 4 is 39.3 Å². The lowest BCUT2D eigenvalue weighted by molar-refractivity contribution is -0.119. The van der Waals surface area contributed by atoms with Gasteiger partial charge in [-0.15, -0.1) is 11.8 Å². The molecule has 0 spiro atoms. The fourth-order valence-electron chi connectivity index (χ4n) is 2.48. The molecule has 1 amide bonds. The van der Waals surface area contributed by atoms with E-state index in [1.807, 2.05) is 47.4 Å². The molecule has 1 heterocycles. The fraction of sp³-hybridized carbons (Fsp3) is 0.235. The van der Waals surface area contributed by atoms with Crippen LogP contribution in [-0.4, -0.2) is 18.2 Å². The summed E-state index contributed by atoms with van der Waals surface area (Å²) < 4.78 is 1.04. The average Bonchev–Trinajstić information content (AvgIpc) is 2.88. The van der Waals surface area contributed by atoms with Crippen molar-refractivity contribution in [2.75, 3.05) is 17.2 Å². The van der Waals surface area contributed by atoms with Crippen LogP contribution >= 0.6 is 27.7 Å². The van der Waals surface area contributed by atoms with Crippen LogP contribution in [0.3, 0.4) is 0 Å². The smallest absolute Gasteiger partial charge is 0.231 e. The third kappa shape index (κ3) is 3.50. The summed E-state index contributed by atoms with van der Waals surface area (Å²) in [5.74, 6) is 1.23. The average molecular weight is 362 g/mol. The number of nitrogens with zero attached hydrogens (tertiary/aromatic N) is 1. The zero-order valence-corrected chi connectivity index (χ0v) is 13.9. The molecule has 1 aliphatic heterocycles. The van der Waals surface area contributed by atoms with Crippen LogP contribution in [0.5, 0.6) is 0 Å². The fourth-order valence-corrected chi connectivity index (χ4v) is 3.80. The van der Waals surface area contributed by atoms with E-state index in [9.17, 15) is 4.79 Å². The number of hydrogen-bond acceptors (Lipinski definition) is 2. The number of amides is 1. The molecule has 1 saturated heterocycles. The molecule has 0 aliphatic carbocycles. The molecule has 2 aromatic rings. The second-order valence-corrected chi connectivity index (χ2v) is 7.09. The summed E-state index contributed by atoms with van der Waals surface area (Å²) in [4.78, 5) is 15.6. The van der Waals surface area contributed by atoms with Gasteiger partial charge in [0.1, 0.15) is 0 Å². The SMILES string of the molecule is O=C1C(CSc2ccccc2)CCN1c1ccc(Br)cc1. The molecule has 108 valence electrons. The topological polar surface area (TPSA) is 20.3 Å². The van der Waals surface area contributed by atoms with Gasteiger partial charge in [-0.25, -0.2) is 0 Å². The number of anilines is 1. The van der Waals surface area contributed by atoms with Crippen LogP contribution in [0.1, 0.15) is 6.42 Å². The Morgan fingerprint density at radius 2 is 1.81 bits per heavy atom. The molecule has 0 radical (unpaired) electrons. The van der Waals surface area contributed by atoms with Crippen LogP contribution < -0.4 is 4.90 Å². The van der Waals surface area contributed by atoms with Gasteiger partial charge in [-0.3, -0.25) is 4.79 Å². The first-order valence-corrected chi connectivity index (χ1v) is 8.77. The molecule has 0 bridgehead atoms. The predicted molar refractivity (Wildman–Crippen MR) is 91.8 cm³/mol. The third-order valence-corrected chi connectivity index (χ3v) is 5.35. The lowest BCUT2D eigenvalue weighted by atomic mass is 10.1. The molecular formula is C17H16BrNOS. The third-order valence-electron chi connectivity index (χ3n) is 3.65. The molecule has 4 heteroatoms. The van der Waals surface area contributed by atoms with Gasteiger partial charge in [0.25, 0.3) is 0 Å². The number of rotatable bonds is 4. The van der Waals surface area contributed by atoms with Crippen molar-refractivity contribution in [1.29, 1.82) is 0 Å². The lowest BCUT2D eigenvalue weighted by Gasteiger charge is -2.17. The maximum atomic E-state index is 12.5. The van der Waals surface area contributed by atoms with Gasteiger partial charge >= 0.3 is 0 Å². The van der Waals surface area contributed by atoms with E-state index >= 15 is 0 Å². The Kier molecular flexibility index (Phi) is 4.66. The van der Waals surface area contributed by atoms with Gasteiger partial charge in [0.2, 0.25) is 5.91 Å². The molecule has 0 N–H and O–H groups in total. The summed E-state index contributed by atoms with van der Waals surface area (Å²) in [6.45, 7) is 0.820. The summed E-state index contributed by atoms with van der Waals surface area (Å²) in [5, 5.41) is 0. The molecule has 3 rings (SSSR count). The molecule has 1 unspecified atom stereocenters. The standard InChI is InChI=1S/C17H16BrNOS/c18-14-6-8-15(9-7-14)19-11-10-13(17(19)20)12-21-16-4-2-1-3-5-16/h1-9,13H,10-12H2. The minimum Gasteiger partial charge on any atom is -0.312 e. The minimum atomic E-state index is 0.124. The molecular weight excluding hydrogens is 346 g/mol. The Labute approximate surface area is 137 Å². The van der Waals surface area contributed by atoms with E-state index in [1.165, 1.54) is 4.90 Å². The van der Waals surface area contributed by atoms with Gasteiger partial charge in [-0.2, -0.15) is 0 Å². The van der Waals surface area contributed by atoms with Crippen molar-refractivity contribution < 1.29 is 4.79 Å². The minimum absolute atomic E-state index is 0.124. The summed E-state index contributed by atoms with van der Waals surface area (Å²) in [6.07, 6.45) is 0.939. The van der Waals surface area contributed by atoms with Crippen molar-refractivity contribution in [2.45, 2.75) is 11.3 Å². The lowest BCUT2D eigenvalue weighted by Crippen LogP contribution is -2.27. The number of carbonyl (C=O) groups is 1. The zero-order valence-electron chi connectivity index (χ0n) is 11.5. The Morgan fingerprint density at radius 3 is 2.52 bits per heavy atom. The summed E-state index contributed by atoms with van der Waals surface area (Å²) >= 11 is 5.19. The largest absolute Gasteiger partial charge is 0.312 e. The molecule has 0 saturated carbocycles. The number of carbonyl (C=O) groups excluding carboxylic acids is 1. The van der Waals surface area contributed by atoms with Crippen molar-refractivity contribution in [3.05, 3.63) is 59.1 Å². The van der Waals surface area contributed by atoms with Crippen LogP contribution in [0.25, 0.3) is 0 Å². The highest BCUT2D eigenvalue weighted by atomic mass is 79.9. The van der Waals surface area contributed by atoms with Crippen LogP contribution in [0, 0.1) is 5.92 Å². The first-order valence-electron chi connectivity index (χ1n) is 6.99. The molecule has 0 aromatic heterocycles. The molecule has 2 aromatic carbocycles. The van der Waals surface area contributed by atoms with E-state index in [1.54, 1.807) is 11.8 Å². The van der Waals surface area contributed by atoms with Crippen molar-refractivity contribution in [1.82, 2.24) is 0 Å². The number of halogens is 1. The second kappa shape index (κ2) is 6.67. The van der Waals surface area contributed by atoms with Gasteiger partial charge in [-0.1, -0.05) is 34.1 Å². The maximum absolute atomic E-state index is 12.5. The van der Waals surface area contributed by atoms with Crippen molar-refractivity contribution in [3.8, 4) is 0 Å². The van der Waals surface area contributed by atoms with Gasteiger partial charge < -0.3 is 4.90 Å². The van der Waals surface area contributed by atoms with E-state index in [-0.39, 0.29) is 11.8 Å². The van der Waals surface area contributed by atoms with Crippen LogP contribution in [-0.2, 0) is 4.79 Å². The first kappa shape index (κ1) is 14.7. The monoisotopic (exact) mass is 361 g/mol. The molecule has 2 nitrogen and oxygen atoms in total. The Balaban J connectivity index is 1.62. The van der Waals surface area contributed by atoms with E-state index in [4.69, 9.17) is 0 Å². The van der Waals surface area contributed by atoms with E-state index in [0.29, 0.717) is 0 Å². The molecule has 1 fully saturated rings. The van der Waals surface area contributed by atoms with Gasteiger partial charge in [-0.05, 0) is 42.8 Å². The number of thioether (sulfide) groups is 1. The summed E-state index contributed by atoms with van der Waals surface area (Å²) in [6, 6.07) is 18.2. The molecule has 21 heavy (non-hydrogen) atoms. The van der Waals surface area contributed by atoms with Crippen LogP contribution in [0.2, 0.25) is 0 Å². The Hall–Kier alpha value is -1.26. The Bertz CT molecular complexity index is 614. The number of hydrogen-bond donors (Lipinski definition) is 0. The normalized spacial score (nSPS) is 18.2. The van der Waals surface area contributed by atoms with Gasteiger partial charge in [0.15, 0.2) is 0 Å². The highest BCUT2D eigenvalue weighted by Gasteiger charge is 2.32. The quantitative estimate of drug-likeness (QED) is 0.742. The van der Waals surface area contributed by atoms with Crippen molar-refractivity contribution in [3.63, 3.8) is 0 Å². The van der Waals surface area contributed by atoms with E-state index in [0.717, 1.165) is 28.9 Å². The van der Waals surface area contributed by atoms with E-state index < -0.39 is 0 Å². The highest BCUT2D eigenvalue weighted by molar-refractivity contribution is 9.10. The molecule has 1 aliphatic rings. The van der Waals surface area contributed by atoms with Crippen molar-refractivity contribution in [2.24, 2.45) is 5.92 Å². The van der Waals surface area contributed by atoms with Gasteiger partial charge in [0, 0.05) is 33.3 Å². The summed E-state index contributed by atoms with van der Waals surface area (Å²) in [7, 11) is 0. The number of benzene rings is 2. The zero-order chi connectivity index (χ0) is 14.7. The van der Waals surface area contributed by atoms with Crippen LogP contribution in [0.4, 0.5) is 5.69 Å². The Morgan fingerprint density at radius 1 is 1.10 bits per heavy atom. The first-order chi connectivity index (χ1) is 10.2. The van der Waals surface area contributed by atoms with E-state index in [2.05, 4.69) is 28.1 Å². The van der Waals surface area contributed by atoms with Gasteiger partial charge in [0.05, 0.1) is 0 Å². The highest BCUT2D eigenvalue weighted by Crippen LogP contribution is 2.30.